The van der Waals surface area contributed by atoms with Gasteiger partial charge in [0.1, 0.15) is 0 Å². The van der Waals surface area contributed by atoms with Crippen molar-refractivity contribution in [2.75, 3.05) is 0 Å². The van der Waals surface area contributed by atoms with E-state index in [1.165, 1.54) is 43.8 Å². The van der Waals surface area contributed by atoms with Crippen molar-refractivity contribution < 1.29 is 0 Å². The molecule has 0 N–H and O–H groups in total. The Hall–Kier alpha value is -6.11. The van der Waals surface area contributed by atoms with Crippen LogP contribution in [-0.4, -0.2) is 9.13 Å². The summed E-state index contributed by atoms with van der Waals surface area (Å²) >= 11 is 0. The summed E-state index contributed by atoms with van der Waals surface area (Å²) in [6.45, 7) is 0. The molecule has 46 heavy (non-hydrogen) atoms. The number of hydrogen-bond acceptors (Lipinski definition) is 1. The van der Waals surface area contributed by atoms with Crippen molar-refractivity contribution in [3.8, 4) is 22.9 Å². The van der Waals surface area contributed by atoms with Crippen LogP contribution in [0.1, 0.15) is 23.5 Å². The van der Waals surface area contributed by atoms with E-state index in [1.807, 2.05) is 12.1 Å². The summed E-state index contributed by atoms with van der Waals surface area (Å²) < 4.78 is 4.73. The Kier molecular flexibility index (Phi) is 6.01. The molecule has 3 heteroatoms. The molecule has 9 rings (SSSR count). The van der Waals surface area contributed by atoms with Gasteiger partial charge in [0.25, 0.3) is 0 Å². The molecule has 0 fully saturated rings. The lowest BCUT2D eigenvalue weighted by Gasteiger charge is -2.23. The molecule has 6 aromatic carbocycles. The highest BCUT2D eigenvalue weighted by molar-refractivity contribution is 6.11. The van der Waals surface area contributed by atoms with Crippen molar-refractivity contribution in [2.24, 2.45) is 0 Å². The normalized spacial score (nSPS) is 14.7. The minimum absolute atomic E-state index is 0.131. The molecule has 1 aliphatic rings. The van der Waals surface area contributed by atoms with Gasteiger partial charge in [-0.1, -0.05) is 115 Å². The number of nitrogens with zero attached hydrogens (tertiary/aromatic N) is 3. The molecule has 0 radical (unpaired) electrons. The van der Waals surface area contributed by atoms with E-state index >= 15 is 0 Å². The van der Waals surface area contributed by atoms with Crippen LogP contribution in [-0.2, 0) is 0 Å². The fraction of sp³-hybridized carbons (Fsp3) is 0.0465. The third-order valence-corrected chi connectivity index (χ3v) is 9.53. The monoisotopic (exact) mass is 587 g/mol. The minimum atomic E-state index is 0.131. The second-order valence-electron chi connectivity index (χ2n) is 12.0. The van der Waals surface area contributed by atoms with Gasteiger partial charge in [-0.15, -0.1) is 0 Å². The number of fused-ring (bicyclic) bond motifs is 6. The summed E-state index contributed by atoms with van der Waals surface area (Å²) in [5, 5.41) is 15.4. The Bertz CT molecular complexity index is 2480. The average molecular weight is 588 g/mol. The SMILES string of the molecule is N#Cc1cccc(C2C=CC(n3c4ccccc4c4ccccc43)=CC2)c1-c1ccccc1-n1c2ccccc2c2ccccc21. The molecular weight excluding hydrogens is 558 g/mol. The Labute approximate surface area is 267 Å². The summed E-state index contributed by atoms with van der Waals surface area (Å²) in [5.41, 5.74) is 10.9. The van der Waals surface area contributed by atoms with Gasteiger partial charge < -0.3 is 9.13 Å². The molecule has 216 valence electrons. The van der Waals surface area contributed by atoms with Crippen LogP contribution in [0.5, 0.6) is 0 Å². The molecule has 8 aromatic rings. The lowest BCUT2D eigenvalue weighted by molar-refractivity contribution is 0.851. The molecule has 3 nitrogen and oxygen atoms in total. The highest BCUT2D eigenvalue weighted by Gasteiger charge is 2.23. The van der Waals surface area contributed by atoms with Gasteiger partial charge in [0, 0.05) is 44.3 Å². The topological polar surface area (TPSA) is 33.6 Å². The van der Waals surface area contributed by atoms with E-state index in [1.54, 1.807) is 0 Å². The number of para-hydroxylation sites is 5. The lowest BCUT2D eigenvalue weighted by Crippen LogP contribution is -2.06. The zero-order valence-electron chi connectivity index (χ0n) is 25.1. The largest absolute Gasteiger partial charge is 0.310 e. The van der Waals surface area contributed by atoms with Crippen molar-refractivity contribution in [1.82, 2.24) is 9.13 Å². The predicted molar refractivity (Wildman–Crippen MR) is 191 cm³/mol. The molecule has 0 amide bonds. The highest BCUT2D eigenvalue weighted by Crippen LogP contribution is 2.42. The number of nitriles is 1. The number of aromatic nitrogens is 2. The van der Waals surface area contributed by atoms with E-state index in [0.717, 1.165) is 34.3 Å². The van der Waals surface area contributed by atoms with E-state index in [0.29, 0.717) is 5.56 Å². The molecular formula is C43H29N3. The minimum Gasteiger partial charge on any atom is -0.310 e. The van der Waals surface area contributed by atoms with Crippen LogP contribution < -0.4 is 0 Å². The molecule has 0 aliphatic heterocycles. The van der Waals surface area contributed by atoms with Gasteiger partial charge >= 0.3 is 0 Å². The van der Waals surface area contributed by atoms with Crippen LogP contribution in [0.2, 0.25) is 0 Å². The van der Waals surface area contributed by atoms with Crippen molar-refractivity contribution in [3.05, 3.63) is 169 Å². The van der Waals surface area contributed by atoms with Gasteiger partial charge in [0.05, 0.1) is 39.4 Å². The van der Waals surface area contributed by atoms with Gasteiger partial charge in [-0.3, -0.25) is 0 Å². The van der Waals surface area contributed by atoms with Crippen LogP contribution in [0.15, 0.2) is 158 Å². The van der Waals surface area contributed by atoms with E-state index in [4.69, 9.17) is 0 Å². The lowest BCUT2D eigenvalue weighted by atomic mass is 9.83. The van der Waals surface area contributed by atoms with Crippen molar-refractivity contribution in [3.63, 3.8) is 0 Å². The average Bonchev–Trinajstić information content (AvgIpc) is 3.64. The molecule has 2 heterocycles. The second kappa shape index (κ2) is 10.5. The molecule has 0 spiro atoms. The van der Waals surface area contributed by atoms with E-state index < -0.39 is 0 Å². The molecule has 0 saturated carbocycles. The second-order valence-corrected chi connectivity index (χ2v) is 12.0. The van der Waals surface area contributed by atoms with Crippen LogP contribution in [0.25, 0.3) is 66.1 Å². The summed E-state index contributed by atoms with van der Waals surface area (Å²) in [7, 11) is 0. The van der Waals surface area contributed by atoms with Crippen molar-refractivity contribution >= 4 is 49.3 Å². The van der Waals surface area contributed by atoms with Crippen LogP contribution in [0.3, 0.4) is 0 Å². The van der Waals surface area contributed by atoms with E-state index in [2.05, 4.69) is 161 Å². The van der Waals surface area contributed by atoms with Gasteiger partial charge in [0.2, 0.25) is 0 Å². The number of hydrogen-bond donors (Lipinski definition) is 0. The Balaban J connectivity index is 1.19. The van der Waals surface area contributed by atoms with Crippen molar-refractivity contribution in [2.45, 2.75) is 12.3 Å². The fourth-order valence-corrected chi connectivity index (χ4v) is 7.54. The summed E-state index contributed by atoms with van der Waals surface area (Å²) in [6, 6.07) is 51.7. The smallest absolute Gasteiger partial charge is 0.0998 e. The van der Waals surface area contributed by atoms with Gasteiger partial charge in [-0.2, -0.15) is 5.26 Å². The summed E-state index contributed by atoms with van der Waals surface area (Å²) in [6.07, 6.45) is 7.77. The number of benzene rings is 6. The first-order valence-electron chi connectivity index (χ1n) is 15.8. The van der Waals surface area contributed by atoms with Crippen LogP contribution >= 0.6 is 0 Å². The maximum atomic E-state index is 10.4. The molecule has 0 bridgehead atoms. The van der Waals surface area contributed by atoms with Crippen LogP contribution in [0.4, 0.5) is 0 Å². The van der Waals surface area contributed by atoms with Gasteiger partial charge in [0.15, 0.2) is 0 Å². The highest BCUT2D eigenvalue weighted by atomic mass is 15.0. The molecule has 0 saturated heterocycles. The third-order valence-electron chi connectivity index (χ3n) is 9.53. The number of rotatable bonds is 4. The van der Waals surface area contributed by atoms with E-state index in [9.17, 15) is 5.26 Å². The first-order chi connectivity index (χ1) is 22.8. The first-order valence-corrected chi connectivity index (χ1v) is 15.8. The predicted octanol–water partition coefficient (Wildman–Crippen LogP) is 11.0. The van der Waals surface area contributed by atoms with Gasteiger partial charge in [-0.25, -0.2) is 0 Å². The van der Waals surface area contributed by atoms with Crippen molar-refractivity contribution in [1.29, 1.82) is 5.26 Å². The first kappa shape index (κ1) is 26.3. The quantitative estimate of drug-likeness (QED) is 0.202. The van der Waals surface area contributed by atoms with Gasteiger partial charge in [-0.05, 0) is 54.5 Å². The number of allylic oxidation sites excluding steroid dienone is 4. The Morgan fingerprint density at radius 3 is 1.61 bits per heavy atom. The zero-order valence-corrected chi connectivity index (χ0v) is 25.1. The summed E-state index contributed by atoms with van der Waals surface area (Å²) in [4.78, 5) is 0. The molecule has 1 unspecified atom stereocenters. The Morgan fingerprint density at radius 2 is 1.07 bits per heavy atom. The Morgan fingerprint density at radius 1 is 0.543 bits per heavy atom. The zero-order chi connectivity index (χ0) is 30.6. The molecule has 1 atom stereocenters. The molecule has 2 aromatic heterocycles. The summed E-state index contributed by atoms with van der Waals surface area (Å²) in [5.74, 6) is 0.131. The van der Waals surface area contributed by atoms with E-state index in [-0.39, 0.29) is 5.92 Å². The fourth-order valence-electron chi connectivity index (χ4n) is 7.54. The molecule has 1 aliphatic carbocycles. The maximum Gasteiger partial charge on any atom is 0.0998 e. The van der Waals surface area contributed by atoms with Crippen LogP contribution in [0, 0.1) is 11.3 Å². The standard InChI is InChI=1S/C43H29N3/c44-28-30-12-11-18-32(29-24-26-31(27-25-29)45-38-19-6-1-13-33(38)34-14-2-7-20-39(34)45)43(30)37-17-5-10-23-42(37)46-40-21-8-3-15-35(40)36-16-4-9-22-41(36)46/h1-24,26-27,29H,25H2. The third kappa shape index (κ3) is 3.91. The maximum absolute atomic E-state index is 10.4.